The standard InChI is InChI=1S/C16H27FO4/c1-18-14-7-8-15(12-20-16(14,21-15)9-10-17)19-11-13-5-3-2-4-6-13/h13-14H,2-12H2,1H3/t14-,15-,16?/m1/s1. The van der Waals surface area contributed by atoms with Gasteiger partial charge in [0.05, 0.1) is 13.3 Å². The van der Waals surface area contributed by atoms with Crippen LogP contribution in [0.1, 0.15) is 51.4 Å². The smallest absolute Gasteiger partial charge is 0.200 e. The first-order chi connectivity index (χ1) is 10.2. The van der Waals surface area contributed by atoms with Gasteiger partial charge in [-0.3, -0.25) is 4.39 Å². The molecule has 0 spiro atoms. The molecule has 0 N–H and O–H groups in total. The minimum atomic E-state index is -0.950. The van der Waals surface area contributed by atoms with Gasteiger partial charge in [-0.1, -0.05) is 19.3 Å². The summed E-state index contributed by atoms with van der Waals surface area (Å²) in [4.78, 5) is 0. The van der Waals surface area contributed by atoms with Crippen LogP contribution >= 0.6 is 0 Å². The van der Waals surface area contributed by atoms with Gasteiger partial charge in [0.1, 0.15) is 12.7 Å². The van der Waals surface area contributed by atoms with Crippen molar-refractivity contribution in [3.8, 4) is 0 Å². The molecule has 0 aromatic heterocycles. The van der Waals surface area contributed by atoms with E-state index < -0.39 is 18.2 Å². The Morgan fingerprint density at radius 2 is 2.00 bits per heavy atom. The minimum absolute atomic E-state index is 0.206. The molecule has 21 heavy (non-hydrogen) atoms. The highest BCUT2D eigenvalue weighted by Gasteiger charge is 2.59. The average molecular weight is 302 g/mol. The molecule has 2 bridgehead atoms. The number of hydrogen-bond donors (Lipinski definition) is 0. The van der Waals surface area contributed by atoms with E-state index in [1.807, 2.05) is 0 Å². The topological polar surface area (TPSA) is 36.9 Å². The van der Waals surface area contributed by atoms with Crippen LogP contribution < -0.4 is 0 Å². The Bertz CT molecular complexity index is 347. The molecule has 3 atom stereocenters. The molecule has 122 valence electrons. The van der Waals surface area contributed by atoms with Crippen molar-refractivity contribution in [1.29, 1.82) is 0 Å². The molecule has 5 heteroatoms. The molecular formula is C16H27FO4. The number of rotatable bonds is 6. The Balaban J connectivity index is 1.60. The van der Waals surface area contributed by atoms with Gasteiger partial charge in [0.25, 0.3) is 0 Å². The van der Waals surface area contributed by atoms with E-state index >= 15 is 0 Å². The molecule has 4 nitrogen and oxygen atoms in total. The van der Waals surface area contributed by atoms with Crippen molar-refractivity contribution >= 4 is 0 Å². The molecule has 3 rings (SSSR count). The van der Waals surface area contributed by atoms with E-state index in [0.29, 0.717) is 12.5 Å². The van der Waals surface area contributed by atoms with Gasteiger partial charge < -0.3 is 18.9 Å². The van der Waals surface area contributed by atoms with Crippen molar-refractivity contribution in [3.63, 3.8) is 0 Å². The summed E-state index contributed by atoms with van der Waals surface area (Å²) >= 11 is 0. The number of hydrogen-bond acceptors (Lipinski definition) is 4. The van der Waals surface area contributed by atoms with Crippen molar-refractivity contribution in [3.05, 3.63) is 0 Å². The average Bonchev–Trinajstić information content (AvgIpc) is 2.81. The first-order valence-corrected chi connectivity index (χ1v) is 8.29. The fourth-order valence-corrected chi connectivity index (χ4v) is 3.94. The van der Waals surface area contributed by atoms with Crippen LogP contribution in [0.15, 0.2) is 0 Å². The van der Waals surface area contributed by atoms with Crippen LogP contribution in [0, 0.1) is 5.92 Å². The predicted octanol–water partition coefficient (Wildman–Crippen LogP) is 3.19. The lowest BCUT2D eigenvalue weighted by atomic mass is 9.90. The van der Waals surface area contributed by atoms with Gasteiger partial charge in [-0.25, -0.2) is 0 Å². The third-order valence-corrected chi connectivity index (χ3v) is 5.21. The molecular weight excluding hydrogens is 275 g/mol. The Kier molecular flexibility index (Phi) is 4.84. The lowest BCUT2D eigenvalue weighted by Gasteiger charge is -2.42. The van der Waals surface area contributed by atoms with Crippen LogP contribution in [0.3, 0.4) is 0 Å². The minimum Gasteiger partial charge on any atom is -0.376 e. The SMILES string of the molecule is CO[C@@H]1CC[C@]2(OCC3CCCCC3)COC1(CCF)O2. The van der Waals surface area contributed by atoms with Crippen molar-refractivity contribution in [1.82, 2.24) is 0 Å². The molecule has 0 aromatic rings. The second-order valence-electron chi connectivity index (χ2n) is 6.63. The van der Waals surface area contributed by atoms with Gasteiger partial charge in [0, 0.05) is 20.0 Å². The third-order valence-electron chi connectivity index (χ3n) is 5.21. The summed E-state index contributed by atoms with van der Waals surface area (Å²) in [5.41, 5.74) is 0. The van der Waals surface area contributed by atoms with Crippen LogP contribution in [0.5, 0.6) is 0 Å². The third kappa shape index (κ3) is 3.11. The van der Waals surface area contributed by atoms with Crippen molar-refractivity contribution in [2.24, 2.45) is 5.92 Å². The zero-order valence-corrected chi connectivity index (χ0v) is 12.9. The summed E-state index contributed by atoms with van der Waals surface area (Å²) < 4.78 is 36.4. The monoisotopic (exact) mass is 302 g/mol. The van der Waals surface area contributed by atoms with E-state index in [0.717, 1.165) is 19.4 Å². The van der Waals surface area contributed by atoms with Gasteiger partial charge in [0.2, 0.25) is 5.79 Å². The molecule has 3 aliphatic rings. The highest BCUT2D eigenvalue weighted by molar-refractivity contribution is 4.96. The molecule has 1 aliphatic carbocycles. The molecule has 3 fully saturated rings. The summed E-state index contributed by atoms with van der Waals surface area (Å²) in [6, 6.07) is 0. The molecule has 2 saturated heterocycles. The number of ether oxygens (including phenoxy) is 4. The normalized spacial score (nSPS) is 40.6. The Morgan fingerprint density at radius 3 is 2.71 bits per heavy atom. The molecule has 0 amide bonds. The molecule has 0 aromatic carbocycles. The molecule has 1 saturated carbocycles. The zero-order chi connectivity index (χ0) is 14.8. The van der Waals surface area contributed by atoms with Crippen LogP contribution in [0.2, 0.25) is 0 Å². The van der Waals surface area contributed by atoms with Gasteiger partial charge in [-0.2, -0.15) is 0 Å². The van der Waals surface area contributed by atoms with Crippen molar-refractivity contribution in [2.45, 2.75) is 69.0 Å². The van der Waals surface area contributed by atoms with E-state index in [9.17, 15) is 4.39 Å². The van der Waals surface area contributed by atoms with Gasteiger partial charge in [-0.05, 0) is 25.2 Å². The largest absolute Gasteiger partial charge is 0.376 e. The molecule has 2 heterocycles. The fraction of sp³-hybridized carbons (Fsp3) is 1.00. The Morgan fingerprint density at radius 1 is 1.19 bits per heavy atom. The number of halogens is 1. The van der Waals surface area contributed by atoms with Crippen LogP contribution in [-0.2, 0) is 18.9 Å². The maximum absolute atomic E-state index is 12.9. The molecule has 2 aliphatic heterocycles. The summed E-state index contributed by atoms with van der Waals surface area (Å²) in [6.45, 7) is 0.644. The number of fused-ring (bicyclic) bond motifs is 2. The number of alkyl halides is 1. The lowest BCUT2D eigenvalue weighted by molar-refractivity contribution is -0.328. The van der Waals surface area contributed by atoms with E-state index in [1.165, 1.54) is 32.1 Å². The van der Waals surface area contributed by atoms with Gasteiger partial charge >= 0.3 is 0 Å². The van der Waals surface area contributed by atoms with E-state index in [2.05, 4.69) is 0 Å². The van der Waals surface area contributed by atoms with Crippen LogP contribution in [-0.4, -0.2) is 44.7 Å². The van der Waals surface area contributed by atoms with Crippen LogP contribution in [0.4, 0.5) is 4.39 Å². The van der Waals surface area contributed by atoms with E-state index in [4.69, 9.17) is 18.9 Å². The maximum atomic E-state index is 12.9. The summed E-state index contributed by atoms with van der Waals surface area (Å²) in [7, 11) is 1.63. The van der Waals surface area contributed by atoms with Crippen molar-refractivity contribution < 1.29 is 23.3 Å². The predicted molar refractivity (Wildman–Crippen MR) is 75.6 cm³/mol. The Labute approximate surface area is 126 Å². The highest BCUT2D eigenvalue weighted by atomic mass is 19.1. The maximum Gasteiger partial charge on any atom is 0.200 e. The molecule has 0 radical (unpaired) electrons. The molecule has 1 unspecified atom stereocenters. The first kappa shape index (κ1) is 15.7. The summed E-state index contributed by atoms with van der Waals surface area (Å²) in [5.74, 6) is -0.997. The zero-order valence-electron chi connectivity index (χ0n) is 12.9. The van der Waals surface area contributed by atoms with Crippen molar-refractivity contribution in [2.75, 3.05) is 27.0 Å². The van der Waals surface area contributed by atoms with Gasteiger partial charge in [-0.15, -0.1) is 0 Å². The fourth-order valence-electron chi connectivity index (χ4n) is 3.94. The quantitative estimate of drug-likeness (QED) is 0.755. The first-order valence-electron chi connectivity index (χ1n) is 8.29. The second-order valence-corrected chi connectivity index (χ2v) is 6.63. The lowest BCUT2D eigenvalue weighted by Crippen LogP contribution is -2.52. The highest BCUT2D eigenvalue weighted by Crippen LogP contribution is 2.47. The summed E-state index contributed by atoms with van der Waals surface area (Å²) in [5, 5.41) is 0. The second kappa shape index (κ2) is 6.49. The van der Waals surface area contributed by atoms with Crippen LogP contribution in [0.25, 0.3) is 0 Å². The van der Waals surface area contributed by atoms with Gasteiger partial charge in [0.15, 0.2) is 5.79 Å². The number of methoxy groups -OCH3 is 1. The Hall–Kier alpha value is -0.230. The van der Waals surface area contributed by atoms with E-state index in [-0.39, 0.29) is 12.5 Å². The van der Waals surface area contributed by atoms with E-state index in [1.54, 1.807) is 7.11 Å². The summed E-state index contributed by atoms with van der Waals surface area (Å²) in [6.07, 6.45) is 7.98.